The number of ether oxygens (including phenoxy) is 1. The number of amides is 1. The van der Waals surface area contributed by atoms with Crippen LogP contribution in [0.1, 0.15) is 20.3 Å². The molecule has 0 saturated heterocycles. The van der Waals surface area contributed by atoms with Gasteiger partial charge < -0.3 is 15.8 Å². The fourth-order valence-electron chi connectivity index (χ4n) is 1.83. The lowest BCUT2D eigenvalue weighted by atomic mass is 10.1. The second-order valence-corrected chi connectivity index (χ2v) is 5.79. The minimum absolute atomic E-state index is 0.00566. The molecule has 102 valence electrons. The Morgan fingerprint density at radius 3 is 2.89 bits per heavy atom. The Labute approximate surface area is 115 Å². The Hall–Kier alpha value is -1.82. The molecule has 0 atom stereocenters. The Balaban J connectivity index is 2.31. The van der Waals surface area contributed by atoms with Crippen LogP contribution in [0, 0.1) is 5.92 Å². The van der Waals surface area contributed by atoms with Crippen LogP contribution in [0.4, 0.5) is 10.8 Å². The fourth-order valence-corrected chi connectivity index (χ4v) is 2.62. The van der Waals surface area contributed by atoms with Crippen molar-refractivity contribution in [3.05, 3.63) is 12.1 Å². The number of hydrogen-bond donors (Lipinski definition) is 2. The van der Waals surface area contributed by atoms with Crippen LogP contribution in [0.15, 0.2) is 12.1 Å². The molecule has 1 aromatic heterocycles. The minimum atomic E-state index is -0.00566. The second kappa shape index (κ2) is 5.44. The zero-order valence-electron chi connectivity index (χ0n) is 11.2. The van der Waals surface area contributed by atoms with Crippen molar-refractivity contribution >= 4 is 38.3 Å². The lowest BCUT2D eigenvalue weighted by Gasteiger charge is -2.09. The molecular weight excluding hydrogens is 262 g/mol. The summed E-state index contributed by atoms with van der Waals surface area (Å²) in [6.07, 6.45) is 0.491. The molecule has 0 fully saturated rings. The van der Waals surface area contributed by atoms with E-state index in [0.29, 0.717) is 28.9 Å². The smallest absolute Gasteiger partial charge is 0.224 e. The number of nitrogens with one attached hydrogen (secondary N) is 1. The summed E-state index contributed by atoms with van der Waals surface area (Å²) in [7, 11) is 1.57. The summed E-state index contributed by atoms with van der Waals surface area (Å²) < 4.78 is 6.18. The zero-order valence-corrected chi connectivity index (χ0v) is 12.0. The normalized spacial score (nSPS) is 10.9. The predicted octanol–water partition coefficient (Wildman–Crippen LogP) is 2.87. The number of nitrogens with zero attached hydrogens (tertiary/aromatic N) is 1. The number of methoxy groups -OCH3 is 1. The van der Waals surface area contributed by atoms with Crippen molar-refractivity contribution in [1.82, 2.24) is 4.98 Å². The lowest BCUT2D eigenvalue weighted by molar-refractivity contribution is -0.116. The van der Waals surface area contributed by atoms with Gasteiger partial charge in [-0.3, -0.25) is 4.79 Å². The number of aromatic nitrogens is 1. The number of hydrogen-bond acceptors (Lipinski definition) is 5. The van der Waals surface area contributed by atoms with E-state index in [4.69, 9.17) is 10.5 Å². The molecule has 0 unspecified atom stereocenters. The van der Waals surface area contributed by atoms with Gasteiger partial charge in [-0.25, -0.2) is 4.98 Å². The van der Waals surface area contributed by atoms with Gasteiger partial charge in [0.2, 0.25) is 5.91 Å². The number of carbonyl (C=O) groups is 1. The summed E-state index contributed by atoms with van der Waals surface area (Å²) in [6, 6.07) is 3.63. The van der Waals surface area contributed by atoms with E-state index in [9.17, 15) is 4.79 Å². The van der Waals surface area contributed by atoms with E-state index in [-0.39, 0.29) is 5.91 Å². The topological polar surface area (TPSA) is 77.2 Å². The van der Waals surface area contributed by atoms with E-state index in [1.807, 2.05) is 19.9 Å². The van der Waals surface area contributed by atoms with E-state index >= 15 is 0 Å². The van der Waals surface area contributed by atoms with E-state index in [2.05, 4.69) is 10.3 Å². The maximum absolute atomic E-state index is 11.8. The first-order chi connectivity index (χ1) is 8.99. The maximum atomic E-state index is 11.8. The first kappa shape index (κ1) is 13.6. The van der Waals surface area contributed by atoms with Crippen molar-refractivity contribution in [3.8, 4) is 5.75 Å². The van der Waals surface area contributed by atoms with Gasteiger partial charge in [-0.15, -0.1) is 0 Å². The molecule has 1 amide bonds. The monoisotopic (exact) mass is 279 g/mol. The lowest BCUT2D eigenvalue weighted by Crippen LogP contribution is -2.13. The molecule has 0 radical (unpaired) electrons. The zero-order chi connectivity index (χ0) is 14.0. The number of thiazole rings is 1. The van der Waals surface area contributed by atoms with Gasteiger partial charge in [0.25, 0.3) is 0 Å². The van der Waals surface area contributed by atoms with Crippen LogP contribution >= 0.6 is 11.3 Å². The average Bonchev–Trinajstić information content (AvgIpc) is 2.66. The van der Waals surface area contributed by atoms with Gasteiger partial charge in [0.05, 0.1) is 11.8 Å². The average molecular weight is 279 g/mol. The molecule has 5 nitrogen and oxygen atoms in total. The number of rotatable bonds is 4. The van der Waals surface area contributed by atoms with Crippen molar-refractivity contribution in [2.45, 2.75) is 20.3 Å². The number of benzene rings is 1. The summed E-state index contributed by atoms with van der Waals surface area (Å²) in [5, 5.41) is 3.35. The van der Waals surface area contributed by atoms with Crippen molar-refractivity contribution in [1.29, 1.82) is 0 Å². The second-order valence-electron chi connectivity index (χ2n) is 4.72. The molecule has 1 heterocycles. The quantitative estimate of drug-likeness (QED) is 0.902. The highest BCUT2D eigenvalue weighted by Crippen LogP contribution is 2.34. The number of anilines is 2. The molecule has 2 rings (SSSR count). The molecule has 0 spiro atoms. The van der Waals surface area contributed by atoms with Gasteiger partial charge in [-0.1, -0.05) is 25.2 Å². The number of nitrogen functional groups attached to an aromatic ring is 1. The number of fused-ring (bicyclic) bond motifs is 1. The standard InChI is InChI=1S/C13H17N3O2S/c1-7(2)4-11(17)15-8-5-9(18-3)12-10(6-8)19-13(14)16-12/h5-7H,4H2,1-3H3,(H2,14,16)(H,15,17). The van der Waals surface area contributed by atoms with Crippen LogP contribution in [0.25, 0.3) is 10.2 Å². The largest absolute Gasteiger partial charge is 0.494 e. The Morgan fingerprint density at radius 2 is 2.26 bits per heavy atom. The number of carbonyl (C=O) groups excluding carboxylic acids is 1. The van der Waals surface area contributed by atoms with Crippen molar-refractivity contribution in [3.63, 3.8) is 0 Å². The van der Waals surface area contributed by atoms with Crippen LogP contribution in [-0.4, -0.2) is 18.0 Å². The van der Waals surface area contributed by atoms with Crippen LogP contribution in [0.5, 0.6) is 5.75 Å². The van der Waals surface area contributed by atoms with Crippen LogP contribution in [0.2, 0.25) is 0 Å². The van der Waals surface area contributed by atoms with Gasteiger partial charge in [-0.2, -0.15) is 0 Å². The summed E-state index contributed by atoms with van der Waals surface area (Å²) in [5.41, 5.74) is 7.13. The van der Waals surface area contributed by atoms with Crippen molar-refractivity contribution in [2.24, 2.45) is 5.92 Å². The predicted molar refractivity (Wildman–Crippen MR) is 78.7 cm³/mol. The maximum Gasteiger partial charge on any atom is 0.224 e. The van der Waals surface area contributed by atoms with Crippen molar-refractivity contribution < 1.29 is 9.53 Å². The van der Waals surface area contributed by atoms with Gasteiger partial charge in [-0.05, 0) is 12.0 Å². The van der Waals surface area contributed by atoms with Crippen LogP contribution < -0.4 is 15.8 Å². The highest BCUT2D eigenvalue weighted by molar-refractivity contribution is 7.22. The summed E-state index contributed by atoms with van der Waals surface area (Å²) in [4.78, 5) is 16.0. The van der Waals surface area contributed by atoms with E-state index in [1.54, 1.807) is 13.2 Å². The Morgan fingerprint density at radius 1 is 1.53 bits per heavy atom. The summed E-state index contributed by atoms with van der Waals surface area (Å²) in [5.74, 6) is 0.934. The molecule has 6 heteroatoms. The van der Waals surface area contributed by atoms with E-state index in [1.165, 1.54) is 11.3 Å². The molecule has 19 heavy (non-hydrogen) atoms. The Bertz CT molecular complexity index is 607. The summed E-state index contributed by atoms with van der Waals surface area (Å²) >= 11 is 1.37. The van der Waals surface area contributed by atoms with Crippen LogP contribution in [0.3, 0.4) is 0 Å². The molecule has 3 N–H and O–H groups in total. The molecular formula is C13H17N3O2S. The van der Waals surface area contributed by atoms with E-state index in [0.717, 1.165) is 10.2 Å². The van der Waals surface area contributed by atoms with Gasteiger partial charge >= 0.3 is 0 Å². The third-order valence-electron chi connectivity index (χ3n) is 2.57. The highest BCUT2D eigenvalue weighted by Gasteiger charge is 2.12. The van der Waals surface area contributed by atoms with E-state index < -0.39 is 0 Å². The SMILES string of the molecule is COc1cc(NC(=O)CC(C)C)cc2sc(N)nc12. The fraction of sp³-hybridized carbons (Fsp3) is 0.385. The first-order valence-corrected chi connectivity index (χ1v) is 6.85. The first-order valence-electron chi connectivity index (χ1n) is 6.03. The van der Waals surface area contributed by atoms with Gasteiger partial charge in [0.15, 0.2) is 5.13 Å². The van der Waals surface area contributed by atoms with Gasteiger partial charge in [0.1, 0.15) is 11.3 Å². The Kier molecular flexibility index (Phi) is 3.90. The van der Waals surface area contributed by atoms with Gasteiger partial charge in [0, 0.05) is 18.2 Å². The van der Waals surface area contributed by atoms with Crippen LogP contribution in [-0.2, 0) is 4.79 Å². The number of nitrogens with two attached hydrogens (primary N) is 1. The molecule has 2 aromatic rings. The molecule has 0 aliphatic heterocycles. The summed E-state index contributed by atoms with van der Waals surface area (Å²) in [6.45, 7) is 4.01. The molecule has 0 aliphatic carbocycles. The van der Waals surface area contributed by atoms with Crippen molar-refractivity contribution in [2.75, 3.05) is 18.2 Å². The molecule has 0 saturated carbocycles. The third-order valence-corrected chi connectivity index (χ3v) is 3.41. The molecule has 0 aliphatic rings. The highest BCUT2D eigenvalue weighted by atomic mass is 32.1. The third kappa shape index (κ3) is 3.14. The molecule has 0 bridgehead atoms. The minimum Gasteiger partial charge on any atom is -0.494 e. The molecule has 1 aromatic carbocycles.